The van der Waals surface area contributed by atoms with Crippen LogP contribution in [0.5, 0.6) is 23.0 Å². The van der Waals surface area contributed by atoms with Gasteiger partial charge in [-0.2, -0.15) is 0 Å². The van der Waals surface area contributed by atoms with Crippen LogP contribution in [0, 0.1) is 11.8 Å². The number of ether oxygens (including phenoxy) is 4. The van der Waals surface area contributed by atoms with Crippen molar-refractivity contribution in [3.8, 4) is 23.0 Å². The van der Waals surface area contributed by atoms with Crippen molar-refractivity contribution in [1.29, 1.82) is 0 Å². The number of hydrogen-bond donors (Lipinski definition) is 0. The molecule has 0 aromatic heterocycles. The largest absolute Gasteiger partial charge is 0.454 e. The van der Waals surface area contributed by atoms with Crippen molar-refractivity contribution in [2.75, 3.05) is 26.1 Å². The van der Waals surface area contributed by atoms with Crippen LogP contribution >= 0.6 is 48.0 Å². The van der Waals surface area contributed by atoms with Crippen molar-refractivity contribution < 1.29 is 28.5 Å². The molecule has 10 heteroatoms. The van der Waals surface area contributed by atoms with Gasteiger partial charge in [-0.1, -0.05) is 24.4 Å². The normalized spacial score (nSPS) is 15.2. The zero-order valence-corrected chi connectivity index (χ0v) is 20.4. The van der Waals surface area contributed by atoms with E-state index >= 15 is 0 Å². The number of benzene rings is 2. The van der Waals surface area contributed by atoms with E-state index in [1.54, 1.807) is 48.9 Å². The third kappa shape index (κ3) is 4.36. The topological polar surface area (TPSA) is 71.1 Å². The van der Waals surface area contributed by atoms with Crippen molar-refractivity contribution in [3.63, 3.8) is 0 Å². The average Bonchev–Trinajstić information content (AvgIpc) is 3.48. The molecule has 0 saturated heterocycles. The number of ketones is 2. The molecule has 4 rings (SSSR count). The molecule has 2 aliphatic heterocycles. The fourth-order valence-electron chi connectivity index (χ4n) is 3.50. The van der Waals surface area contributed by atoms with Gasteiger partial charge in [0.1, 0.15) is 0 Å². The molecule has 0 N–H and O–H groups in total. The van der Waals surface area contributed by atoms with Gasteiger partial charge in [0, 0.05) is 11.1 Å². The SMILES string of the molecule is CSC(=S)C(C(=O)c1ccc2c(c1)OCO2)C(C(=O)c1ccc2c(c1)OCO2)C(=S)SC. The second kappa shape index (κ2) is 9.78. The van der Waals surface area contributed by atoms with Gasteiger partial charge in [0.2, 0.25) is 13.6 Å². The van der Waals surface area contributed by atoms with Crippen LogP contribution in [0.3, 0.4) is 0 Å². The van der Waals surface area contributed by atoms with E-state index in [-0.39, 0.29) is 25.2 Å². The minimum absolute atomic E-state index is 0.0986. The highest BCUT2D eigenvalue weighted by atomic mass is 32.2. The van der Waals surface area contributed by atoms with Crippen molar-refractivity contribution in [3.05, 3.63) is 47.5 Å². The molecule has 6 nitrogen and oxygen atoms in total. The number of carbonyl (C=O) groups excluding carboxylic acids is 2. The molecule has 32 heavy (non-hydrogen) atoms. The molecule has 2 heterocycles. The first kappa shape index (κ1) is 23.0. The Morgan fingerprint density at radius 2 is 1.09 bits per heavy atom. The Kier molecular flexibility index (Phi) is 7.04. The van der Waals surface area contributed by atoms with Crippen molar-refractivity contribution in [2.24, 2.45) is 11.8 Å². The van der Waals surface area contributed by atoms with E-state index in [2.05, 4.69) is 0 Å². The smallest absolute Gasteiger partial charge is 0.231 e. The molecule has 0 spiro atoms. The van der Waals surface area contributed by atoms with Crippen LogP contribution in [0.2, 0.25) is 0 Å². The maximum absolute atomic E-state index is 13.7. The van der Waals surface area contributed by atoms with E-state index in [0.717, 1.165) is 0 Å². The summed E-state index contributed by atoms with van der Waals surface area (Å²) in [6.45, 7) is 0.197. The minimum atomic E-state index is -0.918. The highest BCUT2D eigenvalue weighted by Gasteiger charge is 2.40. The Labute approximate surface area is 204 Å². The first-order valence-electron chi connectivity index (χ1n) is 9.48. The lowest BCUT2D eigenvalue weighted by molar-refractivity contribution is 0.0859. The number of rotatable bonds is 7. The van der Waals surface area contributed by atoms with Gasteiger partial charge in [0.05, 0.1) is 20.2 Å². The molecule has 166 valence electrons. The monoisotopic (exact) mass is 506 g/mol. The summed E-state index contributed by atoms with van der Waals surface area (Å²) in [7, 11) is 0. The van der Waals surface area contributed by atoms with Crippen LogP contribution < -0.4 is 18.9 Å². The van der Waals surface area contributed by atoms with Gasteiger partial charge in [-0.05, 0) is 48.9 Å². The molecule has 2 atom stereocenters. The Bertz CT molecular complexity index is 1030. The number of thiocarbonyl (C=S) groups is 2. The van der Waals surface area contributed by atoms with Crippen LogP contribution in [0.25, 0.3) is 0 Å². The predicted octanol–water partition coefficient (Wildman–Crippen LogP) is 4.82. The van der Waals surface area contributed by atoms with E-state index in [1.165, 1.54) is 23.5 Å². The van der Waals surface area contributed by atoms with Crippen LogP contribution in [-0.4, -0.2) is 46.1 Å². The van der Waals surface area contributed by atoms with Crippen molar-refractivity contribution >= 4 is 67.9 Å². The van der Waals surface area contributed by atoms with E-state index in [1.807, 2.05) is 0 Å². The molecule has 2 aromatic carbocycles. The van der Waals surface area contributed by atoms with Gasteiger partial charge >= 0.3 is 0 Å². The molecule has 2 aliphatic rings. The lowest BCUT2D eigenvalue weighted by Gasteiger charge is -2.25. The molecule has 0 fully saturated rings. The number of carbonyl (C=O) groups is 2. The first-order valence-corrected chi connectivity index (χ1v) is 12.7. The zero-order chi connectivity index (χ0) is 22.8. The molecule has 0 aliphatic carbocycles. The van der Waals surface area contributed by atoms with Gasteiger partial charge in [0.25, 0.3) is 0 Å². The minimum Gasteiger partial charge on any atom is -0.454 e. The van der Waals surface area contributed by atoms with E-state index < -0.39 is 11.8 Å². The van der Waals surface area contributed by atoms with Crippen LogP contribution in [0.4, 0.5) is 0 Å². The molecule has 0 bridgehead atoms. The molecule has 2 unspecified atom stereocenters. The molecule has 0 saturated carbocycles. The van der Waals surface area contributed by atoms with Crippen LogP contribution in [-0.2, 0) is 0 Å². The van der Waals surface area contributed by atoms with Crippen molar-refractivity contribution in [2.45, 2.75) is 0 Å². The summed E-state index contributed by atoms with van der Waals surface area (Å²) in [6, 6.07) is 9.88. The van der Waals surface area contributed by atoms with Gasteiger partial charge < -0.3 is 18.9 Å². The fourth-order valence-corrected chi connectivity index (χ4v) is 4.98. The van der Waals surface area contributed by atoms with Gasteiger partial charge in [0.15, 0.2) is 34.6 Å². The molecular formula is C22H18O6S4. The Balaban J connectivity index is 1.74. The summed E-state index contributed by atoms with van der Waals surface area (Å²) in [6.07, 6.45) is 3.57. The number of hydrogen-bond acceptors (Lipinski definition) is 10. The second-order valence-electron chi connectivity index (χ2n) is 6.87. The summed E-state index contributed by atoms with van der Waals surface area (Å²) < 4.78 is 22.3. The summed E-state index contributed by atoms with van der Waals surface area (Å²) in [5.74, 6) is -0.323. The Hall–Kier alpha value is -2.14. The van der Waals surface area contributed by atoms with Gasteiger partial charge in [-0.25, -0.2) is 0 Å². The maximum Gasteiger partial charge on any atom is 0.231 e. The third-order valence-electron chi connectivity index (χ3n) is 5.12. The number of Topliss-reactive ketones (excluding diaryl/α,β-unsaturated/α-hetero) is 2. The van der Waals surface area contributed by atoms with Gasteiger partial charge in [-0.15, -0.1) is 23.5 Å². The fraction of sp³-hybridized carbons (Fsp3) is 0.273. The van der Waals surface area contributed by atoms with E-state index in [4.69, 9.17) is 43.4 Å². The highest BCUT2D eigenvalue weighted by Crippen LogP contribution is 2.38. The number of fused-ring (bicyclic) bond motifs is 2. The average molecular weight is 507 g/mol. The summed E-state index contributed by atoms with van der Waals surface area (Å²) in [5, 5.41) is 0. The molecule has 0 amide bonds. The maximum atomic E-state index is 13.7. The molecule has 2 aromatic rings. The standard InChI is InChI=1S/C22H18O6S4/c1-31-21(29)17(19(23)11-3-5-13-15(7-11)27-9-25-13)18(22(30)32-2)20(24)12-4-6-14-16(8-12)28-10-26-14/h3-8,17-18H,9-10H2,1-2H3. The summed E-state index contributed by atoms with van der Waals surface area (Å²) in [4.78, 5) is 27.3. The predicted molar refractivity (Wildman–Crippen MR) is 133 cm³/mol. The third-order valence-corrected chi connectivity index (χ3v) is 7.94. The summed E-state index contributed by atoms with van der Waals surface area (Å²) >= 11 is 13.6. The Morgan fingerprint density at radius 1 is 0.719 bits per heavy atom. The van der Waals surface area contributed by atoms with Crippen LogP contribution in [0.1, 0.15) is 20.7 Å². The quantitative estimate of drug-likeness (QED) is 0.385. The summed E-state index contributed by atoms with van der Waals surface area (Å²) in [5.41, 5.74) is 0.756. The second-order valence-corrected chi connectivity index (χ2v) is 9.96. The lowest BCUT2D eigenvalue weighted by Crippen LogP contribution is -2.38. The lowest BCUT2D eigenvalue weighted by atomic mass is 9.83. The zero-order valence-electron chi connectivity index (χ0n) is 17.1. The molecule has 0 radical (unpaired) electrons. The number of thioether (sulfide) groups is 2. The van der Waals surface area contributed by atoms with Crippen LogP contribution in [0.15, 0.2) is 36.4 Å². The van der Waals surface area contributed by atoms with Gasteiger partial charge in [-0.3, -0.25) is 9.59 Å². The van der Waals surface area contributed by atoms with E-state index in [0.29, 0.717) is 42.5 Å². The van der Waals surface area contributed by atoms with Crippen molar-refractivity contribution in [1.82, 2.24) is 0 Å². The highest BCUT2D eigenvalue weighted by molar-refractivity contribution is 8.23. The molecular weight excluding hydrogens is 489 g/mol. The Morgan fingerprint density at radius 3 is 1.47 bits per heavy atom. The van der Waals surface area contributed by atoms with E-state index in [9.17, 15) is 9.59 Å². The first-order chi connectivity index (χ1) is 15.4.